The van der Waals surface area contributed by atoms with Crippen molar-refractivity contribution in [2.45, 2.75) is 46.7 Å². The van der Waals surface area contributed by atoms with Crippen molar-refractivity contribution >= 4 is 5.69 Å². The first-order valence-electron chi connectivity index (χ1n) is 8.33. The van der Waals surface area contributed by atoms with Gasteiger partial charge in [0.2, 0.25) is 0 Å². The Hall–Kier alpha value is -1.06. The Morgan fingerprint density at radius 3 is 2.38 bits per heavy atom. The molecular formula is C18H31N3. The normalized spacial score (nSPS) is 19.6. The van der Waals surface area contributed by atoms with Gasteiger partial charge in [-0.25, -0.2) is 0 Å². The van der Waals surface area contributed by atoms with Gasteiger partial charge in [0.25, 0.3) is 0 Å². The van der Waals surface area contributed by atoms with Gasteiger partial charge in [0.05, 0.1) is 0 Å². The molecule has 1 aromatic rings. The fourth-order valence-electron chi connectivity index (χ4n) is 3.26. The summed E-state index contributed by atoms with van der Waals surface area (Å²) in [5.74, 6) is 0. The minimum absolute atomic E-state index is 0.558. The van der Waals surface area contributed by atoms with Crippen molar-refractivity contribution in [1.29, 1.82) is 0 Å². The van der Waals surface area contributed by atoms with Crippen LogP contribution in [0, 0.1) is 13.8 Å². The second-order valence-electron chi connectivity index (χ2n) is 6.33. The summed E-state index contributed by atoms with van der Waals surface area (Å²) in [6, 6.07) is 7.81. The summed E-state index contributed by atoms with van der Waals surface area (Å²) in [6.07, 6.45) is 0. The minimum atomic E-state index is 0.558. The van der Waals surface area contributed by atoms with Gasteiger partial charge in [0.1, 0.15) is 0 Å². The Morgan fingerprint density at radius 2 is 1.76 bits per heavy atom. The summed E-state index contributed by atoms with van der Waals surface area (Å²) >= 11 is 0. The summed E-state index contributed by atoms with van der Waals surface area (Å²) in [6.45, 7) is 16.9. The number of rotatable bonds is 5. The number of hydrogen-bond acceptors (Lipinski definition) is 3. The number of hydrogen-bond donors (Lipinski definition) is 1. The van der Waals surface area contributed by atoms with Gasteiger partial charge in [-0.1, -0.05) is 19.1 Å². The predicted molar refractivity (Wildman–Crippen MR) is 92.3 cm³/mol. The largest absolute Gasteiger partial charge is 0.369 e. The summed E-state index contributed by atoms with van der Waals surface area (Å²) < 4.78 is 0. The molecule has 3 heteroatoms. The topological polar surface area (TPSA) is 18.5 Å². The Bertz CT molecular complexity index is 450. The van der Waals surface area contributed by atoms with E-state index in [1.165, 1.54) is 16.8 Å². The molecule has 0 radical (unpaired) electrons. The number of likely N-dealkylation sites (N-methyl/N-ethyl adjacent to an activating group) is 1. The van der Waals surface area contributed by atoms with E-state index in [0.717, 1.165) is 32.7 Å². The van der Waals surface area contributed by atoms with E-state index in [-0.39, 0.29) is 0 Å². The van der Waals surface area contributed by atoms with E-state index in [9.17, 15) is 0 Å². The van der Waals surface area contributed by atoms with Crippen molar-refractivity contribution in [3.05, 3.63) is 29.3 Å². The van der Waals surface area contributed by atoms with Crippen LogP contribution in [0.5, 0.6) is 0 Å². The zero-order chi connectivity index (χ0) is 15.4. The maximum Gasteiger partial charge on any atom is 0.0399 e. The van der Waals surface area contributed by atoms with E-state index >= 15 is 0 Å². The fraction of sp³-hybridized carbons (Fsp3) is 0.667. The summed E-state index contributed by atoms with van der Waals surface area (Å²) in [4.78, 5) is 5.17. The van der Waals surface area contributed by atoms with E-state index in [1.807, 2.05) is 0 Å². The first-order valence-corrected chi connectivity index (χ1v) is 8.33. The summed E-state index contributed by atoms with van der Waals surface area (Å²) in [5, 5.41) is 3.55. The molecule has 3 nitrogen and oxygen atoms in total. The van der Waals surface area contributed by atoms with E-state index in [2.05, 4.69) is 67.9 Å². The maximum atomic E-state index is 3.55. The summed E-state index contributed by atoms with van der Waals surface area (Å²) in [5.41, 5.74) is 4.24. The first-order chi connectivity index (χ1) is 10.0. The van der Waals surface area contributed by atoms with Gasteiger partial charge < -0.3 is 10.2 Å². The Kier molecular flexibility index (Phi) is 5.65. The van der Waals surface area contributed by atoms with Crippen molar-refractivity contribution < 1.29 is 0 Å². The van der Waals surface area contributed by atoms with Gasteiger partial charge in [-0.15, -0.1) is 0 Å². The molecule has 1 N–H and O–H groups in total. The molecule has 2 unspecified atom stereocenters. The third kappa shape index (κ3) is 3.78. The number of aryl methyl sites for hydroxylation is 1. The SMILES string of the molecule is CCNC(C)C(C)N1CCN(c2cccc(C)c2C)CC1. The number of benzene rings is 1. The van der Waals surface area contributed by atoms with Gasteiger partial charge in [0.15, 0.2) is 0 Å². The highest BCUT2D eigenvalue weighted by molar-refractivity contribution is 5.56. The molecule has 2 rings (SSSR count). The zero-order valence-electron chi connectivity index (χ0n) is 14.3. The third-order valence-electron chi connectivity index (χ3n) is 5.06. The quantitative estimate of drug-likeness (QED) is 0.899. The average Bonchev–Trinajstić information content (AvgIpc) is 2.50. The van der Waals surface area contributed by atoms with Crippen LogP contribution < -0.4 is 10.2 Å². The molecule has 21 heavy (non-hydrogen) atoms. The highest BCUT2D eigenvalue weighted by atomic mass is 15.3. The van der Waals surface area contributed by atoms with Crippen LogP contribution in [-0.2, 0) is 0 Å². The van der Waals surface area contributed by atoms with E-state index in [4.69, 9.17) is 0 Å². The van der Waals surface area contributed by atoms with Crippen molar-refractivity contribution in [3.63, 3.8) is 0 Å². The summed E-state index contributed by atoms with van der Waals surface area (Å²) in [7, 11) is 0. The lowest BCUT2D eigenvalue weighted by molar-refractivity contribution is 0.166. The van der Waals surface area contributed by atoms with Crippen LogP contribution in [0.1, 0.15) is 31.9 Å². The lowest BCUT2D eigenvalue weighted by atomic mass is 10.1. The van der Waals surface area contributed by atoms with Crippen molar-refractivity contribution in [2.75, 3.05) is 37.6 Å². The Morgan fingerprint density at radius 1 is 1.10 bits per heavy atom. The molecule has 1 aromatic carbocycles. The molecule has 0 aliphatic carbocycles. The molecule has 2 atom stereocenters. The monoisotopic (exact) mass is 289 g/mol. The predicted octanol–water partition coefficient (Wildman–Crippen LogP) is 2.81. The first kappa shape index (κ1) is 16.3. The highest BCUT2D eigenvalue weighted by Gasteiger charge is 2.24. The molecule has 0 bridgehead atoms. The maximum absolute atomic E-state index is 3.55. The van der Waals surface area contributed by atoms with Crippen molar-refractivity contribution in [1.82, 2.24) is 10.2 Å². The lowest BCUT2D eigenvalue weighted by Gasteiger charge is -2.41. The molecule has 118 valence electrons. The highest BCUT2D eigenvalue weighted by Crippen LogP contribution is 2.24. The standard InChI is InChI=1S/C18H31N3/c1-6-19-16(4)17(5)20-10-12-21(13-11-20)18-9-7-8-14(2)15(18)3/h7-9,16-17,19H,6,10-13H2,1-5H3. The number of piperazine rings is 1. The number of nitrogens with one attached hydrogen (secondary N) is 1. The van der Waals surface area contributed by atoms with Crippen LogP contribution in [0.2, 0.25) is 0 Å². The van der Waals surface area contributed by atoms with Crippen LogP contribution in [0.3, 0.4) is 0 Å². The Labute approximate surface area is 130 Å². The Balaban J connectivity index is 1.95. The van der Waals surface area contributed by atoms with Crippen LogP contribution in [-0.4, -0.2) is 49.7 Å². The second-order valence-corrected chi connectivity index (χ2v) is 6.33. The van der Waals surface area contributed by atoms with Crippen molar-refractivity contribution in [3.8, 4) is 0 Å². The smallest absolute Gasteiger partial charge is 0.0399 e. The molecular weight excluding hydrogens is 258 g/mol. The van der Waals surface area contributed by atoms with Gasteiger partial charge in [0, 0.05) is 44.0 Å². The molecule has 1 fully saturated rings. The van der Waals surface area contributed by atoms with E-state index in [0.29, 0.717) is 12.1 Å². The van der Waals surface area contributed by atoms with Crippen LogP contribution in [0.15, 0.2) is 18.2 Å². The average molecular weight is 289 g/mol. The number of nitrogens with zero attached hydrogens (tertiary/aromatic N) is 2. The molecule has 1 heterocycles. The van der Waals surface area contributed by atoms with Crippen LogP contribution in [0.25, 0.3) is 0 Å². The molecule has 0 spiro atoms. The lowest BCUT2D eigenvalue weighted by Crippen LogP contribution is -2.54. The van der Waals surface area contributed by atoms with E-state index < -0.39 is 0 Å². The molecule has 0 aromatic heterocycles. The third-order valence-corrected chi connectivity index (χ3v) is 5.06. The van der Waals surface area contributed by atoms with Crippen molar-refractivity contribution in [2.24, 2.45) is 0 Å². The fourth-order valence-corrected chi connectivity index (χ4v) is 3.26. The molecule has 1 aliphatic heterocycles. The molecule has 0 amide bonds. The van der Waals surface area contributed by atoms with E-state index in [1.54, 1.807) is 0 Å². The van der Waals surface area contributed by atoms with Gasteiger partial charge in [-0.2, -0.15) is 0 Å². The second kappa shape index (κ2) is 7.28. The minimum Gasteiger partial charge on any atom is -0.369 e. The van der Waals surface area contributed by atoms with Gasteiger partial charge in [-0.3, -0.25) is 4.90 Å². The molecule has 0 saturated carbocycles. The number of anilines is 1. The molecule has 1 saturated heterocycles. The van der Waals surface area contributed by atoms with Gasteiger partial charge >= 0.3 is 0 Å². The van der Waals surface area contributed by atoms with Crippen LogP contribution >= 0.6 is 0 Å². The van der Waals surface area contributed by atoms with Gasteiger partial charge in [-0.05, 0) is 51.4 Å². The van der Waals surface area contributed by atoms with Crippen LogP contribution in [0.4, 0.5) is 5.69 Å². The zero-order valence-corrected chi connectivity index (χ0v) is 14.3. The molecule has 1 aliphatic rings.